The first-order chi connectivity index (χ1) is 9.54. The van der Waals surface area contributed by atoms with Gasteiger partial charge in [0.25, 0.3) is 0 Å². The van der Waals surface area contributed by atoms with Crippen molar-refractivity contribution in [1.82, 2.24) is 15.2 Å². The Morgan fingerprint density at radius 3 is 2.40 bits per heavy atom. The van der Waals surface area contributed by atoms with Gasteiger partial charge in [-0.05, 0) is 37.1 Å². The smallest absolute Gasteiger partial charge is 0.0544 e. The second kappa shape index (κ2) is 9.09. The van der Waals surface area contributed by atoms with E-state index in [1.165, 1.54) is 0 Å². The maximum absolute atomic E-state index is 4.45. The van der Waals surface area contributed by atoms with E-state index < -0.39 is 0 Å². The van der Waals surface area contributed by atoms with Gasteiger partial charge in [-0.1, -0.05) is 40.7 Å². The van der Waals surface area contributed by atoms with Crippen molar-refractivity contribution in [1.29, 1.82) is 0 Å². The zero-order chi connectivity index (χ0) is 15.0. The molecule has 0 aliphatic rings. The summed E-state index contributed by atoms with van der Waals surface area (Å²) in [5, 5.41) is 3.60. The minimum absolute atomic E-state index is 0.556. The van der Waals surface area contributed by atoms with Gasteiger partial charge < -0.3 is 5.32 Å². The Kier molecular flexibility index (Phi) is 7.78. The van der Waals surface area contributed by atoms with E-state index in [2.05, 4.69) is 62.0 Å². The van der Waals surface area contributed by atoms with Crippen LogP contribution in [0.4, 0.5) is 0 Å². The standard InChI is InChI=1S/C17H31N3/c1-6-20(13-16-9-7-8-10-19-16)17(15(4)5)12-18-11-14(2)3/h7-10,14-15,17-18H,6,11-13H2,1-5H3. The van der Waals surface area contributed by atoms with Crippen molar-refractivity contribution in [2.24, 2.45) is 11.8 Å². The molecule has 0 bridgehead atoms. The summed E-state index contributed by atoms with van der Waals surface area (Å²) >= 11 is 0. The molecule has 0 aromatic carbocycles. The number of rotatable bonds is 9. The maximum atomic E-state index is 4.45. The molecule has 0 aliphatic heterocycles. The van der Waals surface area contributed by atoms with Gasteiger partial charge in [-0.3, -0.25) is 9.88 Å². The average Bonchev–Trinajstić information content (AvgIpc) is 2.42. The molecule has 0 fully saturated rings. The molecule has 20 heavy (non-hydrogen) atoms. The Bertz CT molecular complexity index is 349. The van der Waals surface area contributed by atoms with E-state index >= 15 is 0 Å². The number of aromatic nitrogens is 1. The monoisotopic (exact) mass is 277 g/mol. The molecule has 1 unspecified atom stereocenters. The van der Waals surface area contributed by atoms with Gasteiger partial charge in [0, 0.05) is 25.3 Å². The number of likely N-dealkylation sites (N-methyl/N-ethyl adjacent to an activating group) is 1. The number of hydrogen-bond donors (Lipinski definition) is 1. The molecule has 0 spiro atoms. The highest BCUT2D eigenvalue weighted by Gasteiger charge is 2.20. The van der Waals surface area contributed by atoms with E-state index in [1.54, 1.807) is 0 Å². The second-order valence-corrected chi connectivity index (χ2v) is 6.25. The largest absolute Gasteiger partial charge is 0.315 e. The minimum Gasteiger partial charge on any atom is -0.315 e. The summed E-state index contributed by atoms with van der Waals surface area (Å²) in [7, 11) is 0. The van der Waals surface area contributed by atoms with Gasteiger partial charge in [0.1, 0.15) is 0 Å². The zero-order valence-electron chi connectivity index (χ0n) is 13.8. The lowest BCUT2D eigenvalue weighted by Crippen LogP contribution is -2.45. The molecule has 3 nitrogen and oxygen atoms in total. The normalized spacial score (nSPS) is 13.4. The van der Waals surface area contributed by atoms with E-state index in [0.29, 0.717) is 17.9 Å². The fourth-order valence-electron chi connectivity index (χ4n) is 2.47. The highest BCUT2D eigenvalue weighted by molar-refractivity contribution is 5.03. The van der Waals surface area contributed by atoms with Crippen molar-refractivity contribution >= 4 is 0 Å². The summed E-state index contributed by atoms with van der Waals surface area (Å²) < 4.78 is 0. The first-order valence-corrected chi connectivity index (χ1v) is 7.89. The lowest BCUT2D eigenvalue weighted by atomic mass is 10.0. The van der Waals surface area contributed by atoms with Crippen LogP contribution in [0.25, 0.3) is 0 Å². The molecular formula is C17H31N3. The molecule has 1 rings (SSSR count). The number of nitrogens with zero attached hydrogens (tertiary/aromatic N) is 2. The molecule has 114 valence electrons. The third-order valence-corrected chi connectivity index (χ3v) is 3.64. The molecule has 3 heteroatoms. The number of nitrogens with one attached hydrogen (secondary N) is 1. The van der Waals surface area contributed by atoms with Gasteiger partial charge in [-0.2, -0.15) is 0 Å². The van der Waals surface area contributed by atoms with Crippen LogP contribution in [-0.4, -0.2) is 35.6 Å². The first kappa shape index (κ1) is 17.1. The Morgan fingerprint density at radius 2 is 1.90 bits per heavy atom. The number of hydrogen-bond acceptors (Lipinski definition) is 3. The van der Waals surface area contributed by atoms with Gasteiger partial charge >= 0.3 is 0 Å². The van der Waals surface area contributed by atoms with Crippen LogP contribution in [-0.2, 0) is 6.54 Å². The summed E-state index contributed by atoms with van der Waals surface area (Å²) in [5.41, 5.74) is 1.16. The Balaban J connectivity index is 2.61. The van der Waals surface area contributed by atoms with Crippen molar-refractivity contribution in [2.45, 2.75) is 47.2 Å². The van der Waals surface area contributed by atoms with Crippen LogP contribution in [0.3, 0.4) is 0 Å². The van der Waals surface area contributed by atoms with Crippen LogP contribution in [0.1, 0.15) is 40.3 Å². The summed E-state index contributed by atoms with van der Waals surface area (Å²) in [4.78, 5) is 6.98. The molecule has 1 aromatic rings. The molecule has 0 radical (unpaired) electrons. The highest BCUT2D eigenvalue weighted by Crippen LogP contribution is 2.13. The van der Waals surface area contributed by atoms with Crippen LogP contribution in [0.15, 0.2) is 24.4 Å². The highest BCUT2D eigenvalue weighted by atomic mass is 15.2. The van der Waals surface area contributed by atoms with Crippen molar-refractivity contribution in [3.05, 3.63) is 30.1 Å². The van der Waals surface area contributed by atoms with Crippen molar-refractivity contribution < 1.29 is 0 Å². The molecule has 0 saturated heterocycles. The molecule has 0 saturated carbocycles. The van der Waals surface area contributed by atoms with E-state index in [4.69, 9.17) is 0 Å². The molecule has 1 heterocycles. The predicted molar refractivity (Wildman–Crippen MR) is 86.7 cm³/mol. The molecule has 1 aromatic heterocycles. The van der Waals surface area contributed by atoms with Crippen LogP contribution in [0.5, 0.6) is 0 Å². The Labute approximate surface area is 124 Å². The maximum Gasteiger partial charge on any atom is 0.0544 e. The third-order valence-electron chi connectivity index (χ3n) is 3.64. The van der Waals surface area contributed by atoms with Crippen LogP contribution < -0.4 is 5.32 Å². The molecular weight excluding hydrogens is 246 g/mol. The average molecular weight is 277 g/mol. The second-order valence-electron chi connectivity index (χ2n) is 6.25. The fourth-order valence-corrected chi connectivity index (χ4v) is 2.47. The summed E-state index contributed by atoms with van der Waals surface area (Å²) in [5.74, 6) is 1.34. The molecule has 0 amide bonds. The SMILES string of the molecule is CCN(Cc1ccccn1)C(CNCC(C)C)C(C)C. The van der Waals surface area contributed by atoms with Gasteiger partial charge in [0.2, 0.25) is 0 Å². The van der Waals surface area contributed by atoms with Gasteiger partial charge in [-0.15, -0.1) is 0 Å². The van der Waals surface area contributed by atoms with E-state index in [1.807, 2.05) is 12.3 Å². The van der Waals surface area contributed by atoms with E-state index in [9.17, 15) is 0 Å². The summed E-state index contributed by atoms with van der Waals surface area (Å²) in [6.45, 7) is 15.5. The molecule has 0 aliphatic carbocycles. The van der Waals surface area contributed by atoms with Gasteiger partial charge in [0.05, 0.1) is 5.69 Å². The van der Waals surface area contributed by atoms with Crippen LogP contribution in [0, 0.1) is 11.8 Å². The topological polar surface area (TPSA) is 28.2 Å². The van der Waals surface area contributed by atoms with Gasteiger partial charge in [-0.25, -0.2) is 0 Å². The fraction of sp³-hybridized carbons (Fsp3) is 0.706. The quantitative estimate of drug-likeness (QED) is 0.751. The predicted octanol–water partition coefficient (Wildman–Crippen LogP) is 3.17. The van der Waals surface area contributed by atoms with E-state index in [-0.39, 0.29) is 0 Å². The lowest BCUT2D eigenvalue weighted by molar-refractivity contribution is 0.148. The lowest BCUT2D eigenvalue weighted by Gasteiger charge is -2.34. The van der Waals surface area contributed by atoms with Crippen LogP contribution >= 0.6 is 0 Å². The Hall–Kier alpha value is -0.930. The molecule has 1 N–H and O–H groups in total. The van der Waals surface area contributed by atoms with Crippen molar-refractivity contribution in [3.63, 3.8) is 0 Å². The van der Waals surface area contributed by atoms with Crippen LogP contribution in [0.2, 0.25) is 0 Å². The Morgan fingerprint density at radius 1 is 1.15 bits per heavy atom. The van der Waals surface area contributed by atoms with E-state index in [0.717, 1.165) is 31.9 Å². The number of pyridine rings is 1. The summed E-state index contributed by atoms with van der Waals surface area (Å²) in [6, 6.07) is 6.71. The molecule has 1 atom stereocenters. The van der Waals surface area contributed by atoms with Gasteiger partial charge in [0.15, 0.2) is 0 Å². The van der Waals surface area contributed by atoms with Crippen molar-refractivity contribution in [2.75, 3.05) is 19.6 Å². The first-order valence-electron chi connectivity index (χ1n) is 7.89. The third kappa shape index (κ3) is 6.02. The minimum atomic E-state index is 0.556. The van der Waals surface area contributed by atoms with Crippen molar-refractivity contribution in [3.8, 4) is 0 Å². The zero-order valence-corrected chi connectivity index (χ0v) is 13.8. The summed E-state index contributed by atoms with van der Waals surface area (Å²) in [6.07, 6.45) is 1.88.